The maximum absolute atomic E-state index is 12.9. The van der Waals surface area contributed by atoms with Gasteiger partial charge in [-0.15, -0.1) is 0 Å². The summed E-state index contributed by atoms with van der Waals surface area (Å²) in [7, 11) is 0. The number of carbonyl (C=O) groups is 1. The first kappa shape index (κ1) is 22.6. The van der Waals surface area contributed by atoms with E-state index in [9.17, 15) is 4.79 Å². The highest BCUT2D eigenvalue weighted by molar-refractivity contribution is 7.44. The maximum atomic E-state index is 12.9. The van der Waals surface area contributed by atoms with Gasteiger partial charge in [-0.25, -0.2) is 15.0 Å². The molecule has 3 aromatic rings. The first-order valence-corrected chi connectivity index (χ1v) is 10.6. The van der Waals surface area contributed by atoms with Gasteiger partial charge in [0, 0.05) is 37.7 Å². The zero-order valence-corrected chi connectivity index (χ0v) is 18.9. The number of nitrogens with zero attached hydrogens (tertiary/aromatic N) is 4. The van der Waals surface area contributed by atoms with E-state index in [0.717, 1.165) is 48.0 Å². The third kappa shape index (κ3) is 5.55. The predicted molar refractivity (Wildman–Crippen MR) is 122 cm³/mol. The fourth-order valence-corrected chi connectivity index (χ4v) is 3.70. The van der Waals surface area contributed by atoms with E-state index in [1.807, 2.05) is 43.5 Å². The largest absolute Gasteiger partial charge is 0.352 e. The average molecular weight is 435 g/mol. The van der Waals surface area contributed by atoms with E-state index in [-0.39, 0.29) is 5.78 Å². The molecular formula is C24H26N4O2S. The third-order valence-corrected chi connectivity index (χ3v) is 5.38. The summed E-state index contributed by atoms with van der Waals surface area (Å²) in [6.45, 7) is 7.80. The van der Waals surface area contributed by atoms with Crippen LogP contribution < -0.4 is 4.90 Å². The van der Waals surface area contributed by atoms with Gasteiger partial charge in [-0.1, -0.05) is 44.2 Å². The number of fused-ring (bicyclic) bond motifs is 1. The third-order valence-electron chi connectivity index (χ3n) is 5.38. The molecule has 0 aliphatic carbocycles. The number of aryl methyl sites for hydroxylation is 1. The number of Topliss-reactive ketones (excluding diaryl/α,β-unsaturated/α-hetero) is 1. The van der Waals surface area contributed by atoms with Crippen LogP contribution in [0.25, 0.3) is 0 Å². The van der Waals surface area contributed by atoms with Crippen LogP contribution in [-0.2, 0) is 31.9 Å². The van der Waals surface area contributed by atoms with Crippen molar-refractivity contribution in [3.05, 3.63) is 82.6 Å². The van der Waals surface area contributed by atoms with Crippen LogP contribution in [-0.4, -0.2) is 31.5 Å². The zero-order valence-electron chi connectivity index (χ0n) is 18.0. The molecule has 0 radical (unpaired) electrons. The molecule has 160 valence electrons. The van der Waals surface area contributed by atoms with E-state index in [1.165, 1.54) is 5.56 Å². The quantitative estimate of drug-likeness (QED) is 0.563. The van der Waals surface area contributed by atoms with Crippen molar-refractivity contribution in [3.8, 4) is 0 Å². The second-order valence-corrected chi connectivity index (χ2v) is 7.94. The van der Waals surface area contributed by atoms with E-state index in [2.05, 4.69) is 58.4 Å². The summed E-state index contributed by atoms with van der Waals surface area (Å²) in [6.07, 6.45) is 3.13. The van der Waals surface area contributed by atoms with Gasteiger partial charge in [-0.2, -0.15) is 4.21 Å². The van der Waals surface area contributed by atoms with Gasteiger partial charge in [0.2, 0.25) is 0 Å². The maximum Gasteiger partial charge on any atom is 0.197 e. The molecule has 31 heavy (non-hydrogen) atoms. The van der Waals surface area contributed by atoms with Crippen molar-refractivity contribution in [2.24, 2.45) is 0 Å². The molecule has 1 aromatic carbocycles. The molecule has 0 atom stereocenters. The zero-order chi connectivity index (χ0) is 22.4. The molecule has 2 aromatic heterocycles. The Bertz CT molecular complexity index is 1070. The minimum atomic E-state index is 0.0455. The van der Waals surface area contributed by atoms with Crippen LogP contribution in [0, 0.1) is 6.92 Å². The molecule has 1 aliphatic heterocycles. The Hall–Kier alpha value is -3.06. The van der Waals surface area contributed by atoms with Crippen molar-refractivity contribution in [2.75, 3.05) is 11.4 Å². The number of pyridine rings is 1. The number of carbonyl (C=O) groups excluding carboxylic acids is 1. The number of anilines is 1. The van der Waals surface area contributed by atoms with E-state index in [4.69, 9.17) is 4.21 Å². The molecule has 7 heteroatoms. The van der Waals surface area contributed by atoms with Gasteiger partial charge in [-0.05, 0) is 36.1 Å². The SMILES string of the molecule is Cc1ncc2c(n1)CCN(c1cccc(C(=O)Cc3cccc(C(C)C)c3)n1)C2.O=S. The Kier molecular flexibility index (Phi) is 7.52. The minimum Gasteiger partial charge on any atom is -0.352 e. The number of benzene rings is 1. The summed E-state index contributed by atoms with van der Waals surface area (Å²) in [4.78, 5) is 28.6. The van der Waals surface area contributed by atoms with Crippen molar-refractivity contribution < 1.29 is 9.00 Å². The summed E-state index contributed by atoms with van der Waals surface area (Å²) in [6, 6.07) is 14.0. The molecule has 0 N–H and O–H groups in total. The van der Waals surface area contributed by atoms with Crippen LogP contribution in [0.2, 0.25) is 0 Å². The minimum absolute atomic E-state index is 0.0455. The van der Waals surface area contributed by atoms with Gasteiger partial charge in [0.15, 0.2) is 18.3 Å². The number of aromatic nitrogens is 3. The highest BCUT2D eigenvalue weighted by Crippen LogP contribution is 2.22. The van der Waals surface area contributed by atoms with E-state index in [1.54, 1.807) is 0 Å². The summed E-state index contributed by atoms with van der Waals surface area (Å²) >= 11 is 2.83. The highest BCUT2D eigenvalue weighted by Gasteiger charge is 2.20. The first-order valence-electron chi connectivity index (χ1n) is 10.3. The van der Waals surface area contributed by atoms with Crippen molar-refractivity contribution in [1.29, 1.82) is 0 Å². The Morgan fingerprint density at radius 3 is 2.68 bits per heavy atom. The Balaban J connectivity index is 0.00000132. The molecular weight excluding hydrogens is 408 g/mol. The van der Waals surface area contributed by atoms with E-state index in [0.29, 0.717) is 18.0 Å². The Morgan fingerprint density at radius 1 is 1.13 bits per heavy atom. The summed E-state index contributed by atoms with van der Waals surface area (Å²) in [5.74, 6) is 2.13. The van der Waals surface area contributed by atoms with Gasteiger partial charge in [0.05, 0.1) is 5.69 Å². The number of rotatable bonds is 5. The second kappa shape index (κ2) is 10.3. The first-order chi connectivity index (χ1) is 15.0. The van der Waals surface area contributed by atoms with Crippen LogP contribution in [0.4, 0.5) is 5.82 Å². The molecule has 0 saturated carbocycles. The molecule has 0 fully saturated rings. The topological polar surface area (TPSA) is 76.1 Å². The molecule has 0 spiro atoms. The monoisotopic (exact) mass is 434 g/mol. The molecule has 0 saturated heterocycles. The molecule has 0 bridgehead atoms. The lowest BCUT2D eigenvalue weighted by atomic mass is 9.98. The van der Waals surface area contributed by atoms with Crippen molar-refractivity contribution >= 4 is 24.1 Å². The molecule has 6 nitrogen and oxygen atoms in total. The van der Waals surface area contributed by atoms with Gasteiger partial charge in [0.1, 0.15) is 17.3 Å². The molecule has 0 unspecified atom stereocenters. The Morgan fingerprint density at radius 2 is 1.90 bits per heavy atom. The lowest BCUT2D eigenvalue weighted by Crippen LogP contribution is -2.32. The van der Waals surface area contributed by atoms with E-state index >= 15 is 0 Å². The van der Waals surface area contributed by atoms with Gasteiger partial charge in [-0.3, -0.25) is 4.79 Å². The fraction of sp³-hybridized carbons (Fsp3) is 0.333. The summed E-state index contributed by atoms with van der Waals surface area (Å²) < 4.78 is 7.83. The van der Waals surface area contributed by atoms with Crippen LogP contribution in [0.5, 0.6) is 0 Å². The number of ketones is 1. The Labute approximate surface area is 188 Å². The standard InChI is InChI=1S/C24H26N4O.OS/c1-16(2)19-7-4-6-18(12-19)13-23(29)22-8-5-9-24(27-22)28-11-10-21-20(15-28)14-25-17(3)26-21;1-2/h4-9,12,14,16H,10-11,13,15H2,1-3H3;. The van der Waals surface area contributed by atoms with Crippen LogP contribution in [0.1, 0.15) is 58.5 Å². The van der Waals surface area contributed by atoms with Crippen LogP contribution in [0.3, 0.4) is 0 Å². The second-order valence-electron chi connectivity index (χ2n) is 7.94. The number of hydrogen-bond acceptors (Lipinski definition) is 7. The lowest BCUT2D eigenvalue weighted by Gasteiger charge is -2.29. The van der Waals surface area contributed by atoms with E-state index < -0.39 is 0 Å². The average Bonchev–Trinajstić information content (AvgIpc) is 2.80. The van der Waals surface area contributed by atoms with Crippen LogP contribution >= 0.6 is 0 Å². The normalized spacial score (nSPS) is 12.7. The molecule has 4 rings (SSSR count). The molecule has 0 amide bonds. The molecule has 3 heterocycles. The van der Waals surface area contributed by atoms with Crippen molar-refractivity contribution in [3.63, 3.8) is 0 Å². The smallest absolute Gasteiger partial charge is 0.197 e. The van der Waals surface area contributed by atoms with Crippen molar-refractivity contribution in [1.82, 2.24) is 15.0 Å². The van der Waals surface area contributed by atoms with Crippen LogP contribution in [0.15, 0.2) is 48.7 Å². The van der Waals surface area contributed by atoms with Gasteiger partial charge < -0.3 is 4.90 Å². The number of hydrogen-bond donors (Lipinski definition) is 0. The fourth-order valence-electron chi connectivity index (χ4n) is 3.70. The molecule has 1 aliphatic rings. The lowest BCUT2D eigenvalue weighted by molar-refractivity contribution is 0.0988. The van der Waals surface area contributed by atoms with Crippen molar-refractivity contribution in [2.45, 2.75) is 46.1 Å². The summed E-state index contributed by atoms with van der Waals surface area (Å²) in [5, 5.41) is 0. The van der Waals surface area contributed by atoms with Gasteiger partial charge >= 0.3 is 0 Å². The predicted octanol–water partition coefficient (Wildman–Crippen LogP) is 3.96. The van der Waals surface area contributed by atoms with Gasteiger partial charge in [0.25, 0.3) is 0 Å². The summed E-state index contributed by atoms with van der Waals surface area (Å²) in [5.41, 5.74) is 5.05. The highest BCUT2D eigenvalue weighted by atomic mass is 32.1.